The third-order valence-corrected chi connectivity index (χ3v) is 8.33. The van der Waals surface area contributed by atoms with Crippen LogP contribution in [0.4, 0.5) is 0 Å². The third-order valence-electron chi connectivity index (χ3n) is 6.05. The number of aliphatic carboxylic acids is 1. The molecule has 14 heteroatoms. The van der Waals surface area contributed by atoms with Crippen molar-refractivity contribution in [1.29, 1.82) is 0 Å². The number of likely N-dealkylation sites (tertiary alicyclic amines) is 1. The lowest BCUT2D eigenvalue weighted by atomic mass is 10.0. The predicted molar refractivity (Wildman–Crippen MR) is 122 cm³/mol. The summed E-state index contributed by atoms with van der Waals surface area (Å²) in [5.41, 5.74) is 5.96. The van der Waals surface area contributed by atoms with Crippen LogP contribution in [0.15, 0.2) is 32.5 Å². The van der Waals surface area contributed by atoms with E-state index in [4.69, 9.17) is 10.6 Å². The summed E-state index contributed by atoms with van der Waals surface area (Å²) in [6, 6.07) is -0.939. The van der Waals surface area contributed by atoms with Crippen LogP contribution in [0.25, 0.3) is 0 Å². The molecule has 12 nitrogen and oxygen atoms in total. The molecule has 0 aromatic rings. The summed E-state index contributed by atoms with van der Waals surface area (Å²) in [5.74, 6) is -1.97. The van der Waals surface area contributed by atoms with Gasteiger partial charge < -0.3 is 25.5 Å². The Kier molecular flexibility index (Phi) is 6.33. The van der Waals surface area contributed by atoms with Gasteiger partial charge in [0.1, 0.15) is 47.3 Å². The molecule has 0 aromatic heterocycles. The molecule has 178 valence electrons. The minimum atomic E-state index is -1.68. The second-order valence-electron chi connectivity index (χ2n) is 8.42. The quantitative estimate of drug-likeness (QED) is 0.172. The van der Waals surface area contributed by atoms with Crippen molar-refractivity contribution in [2.75, 3.05) is 39.5 Å². The minimum Gasteiger partial charge on any atom is -0.477 e. The van der Waals surface area contributed by atoms with Gasteiger partial charge in [0.15, 0.2) is 10.9 Å². The van der Waals surface area contributed by atoms with Crippen molar-refractivity contribution in [1.82, 2.24) is 10.2 Å². The summed E-state index contributed by atoms with van der Waals surface area (Å²) in [4.78, 5) is 47.7. The number of nitrogens with one attached hydrogen (secondary N) is 1. The average Bonchev–Trinajstić information content (AvgIpc) is 3.34. The second-order valence-corrected chi connectivity index (χ2v) is 10.8. The van der Waals surface area contributed by atoms with E-state index in [9.17, 15) is 23.7 Å². The first-order chi connectivity index (χ1) is 15.6. The number of amides is 2. The molecule has 3 atom stereocenters. The number of thioether (sulfide) groups is 1. The van der Waals surface area contributed by atoms with Gasteiger partial charge in [-0.1, -0.05) is 5.16 Å². The monoisotopic (exact) mass is 497 g/mol. The van der Waals surface area contributed by atoms with Crippen molar-refractivity contribution < 1.29 is 33.0 Å². The highest BCUT2D eigenvalue weighted by Crippen LogP contribution is 2.41. The van der Waals surface area contributed by atoms with Crippen LogP contribution in [0.5, 0.6) is 0 Å². The van der Waals surface area contributed by atoms with E-state index in [1.54, 1.807) is 0 Å². The number of oxime groups is 1. The number of quaternary nitrogens is 1. The second kappa shape index (κ2) is 8.91. The molecule has 0 bridgehead atoms. The van der Waals surface area contributed by atoms with Crippen LogP contribution >= 0.6 is 11.8 Å². The Labute approximate surface area is 196 Å². The number of fused-ring (bicyclic) bond motifs is 1. The van der Waals surface area contributed by atoms with Gasteiger partial charge in [-0.05, 0) is 0 Å². The molecule has 33 heavy (non-hydrogen) atoms. The largest absolute Gasteiger partial charge is 0.477 e. The Morgan fingerprint density at radius 2 is 2.15 bits per heavy atom. The molecule has 0 aliphatic carbocycles. The number of carbonyl (C=O) groups is 3. The number of nitrogens with two attached hydrogens (primary N) is 1. The van der Waals surface area contributed by atoms with Crippen molar-refractivity contribution in [3.8, 4) is 0 Å². The van der Waals surface area contributed by atoms with Crippen LogP contribution in [0.3, 0.4) is 0 Å². The summed E-state index contributed by atoms with van der Waals surface area (Å²) in [7, 11) is 1.66. The first kappa shape index (κ1) is 23.4. The van der Waals surface area contributed by atoms with E-state index in [0.717, 1.165) is 41.4 Å². The van der Waals surface area contributed by atoms with Crippen molar-refractivity contribution in [2.45, 2.75) is 24.3 Å². The molecule has 0 saturated carbocycles. The fourth-order valence-electron chi connectivity index (χ4n) is 4.49. The highest BCUT2D eigenvalue weighted by atomic mass is 32.2. The van der Waals surface area contributed by atoms with E-state index in [1.807, 2.05) is 0 Å². The number of nitrogens with zero attached hydrogens (tertiary/aromatic N) is 4. The molecular weight excluding hydrogens is 472 g/mol. The summed E-state index contributed by atoms with van der Waals surface area (Å²) >= 11 is 1.41. The lowest BCUT2D eigenvalue weighted by molar-refractivity contribution is -0.893. The number of amidine groups is 1. The zero-order chi connectivity index (χ0) is 23.9. The van der Waals surface area contributed by atoms with Gasteiger partial charge in [-0.15, -0.1) is 11.8 Å². The van der Waals surface area contributed by atoms with Gasteiger partial charge >= 0.3 is 5.97 Å². The van der Waals surface area contributed by atoms with Crippen LogP contribution < -0.4 is 11.1 Å². The summed E-state index contributed by atoms with van der Waals surface area (Å²) < 4.78 is 12.5. The van der Waals surface area contributed by atoms with Gasteiger partial charge in [0.2, 0.25) is 0 Å². The van der Waals surface area contributed by atoms with Gasteiger partial charge in [0.05, 0.1) is 20.1 Å². The first-order valence-corrected chi connectivity index (χ1v) is 12.5. The van der Waals surface area contributed by atoms with Gasteiger partial charge in [0, 0.05) is 29.6 Å². The summed E-state index contributed by atoms with van der Waals surface area (Å²) in [5, 5.41) is 16.5. The van der Waals surface area contributed by atoms with Crippen molar-refractivity contribution >= 4 is 51.2 Å². The number of aliphatic imine (C=N–C) groups is 1. The molecule has 1 unspecified atom stereocenters. The number of carboxylic acids is 1. The van der Waals surface area contributed by atoms with E-state index in [2.05, 4.69) is 22.5 Å². The van der Waals surface area contributed by atoms with Crippen LogP contribution in [0, 0.1) is 0 Å². The average molecular weight is 498 g/mol. The number of hydrogen-bond donors (Lipinski definition) is 3. The summed E-state index contributed by atoms with van der Waals surface area (Å²) in [6.45, 7) is 2.54. The molecule has 4 aliphatic rings. The molecule has 4 aliphatic heterocycles. The number of carbonyl (C=O) groups excluding carboxylic acids is 2. The molecule has 2 saturated heterocycles. The topological polar surface area (TPSA) is 164 Å². The maximum atomic E-state index is 12.9. The van der Waals surface area contributed by atoms with Gasteiger partial charge in [-0.2, -0.15) is 0 Å². The Hall–Kier alpha value is -2.71. The summed E-state index contributed by atoms with van der Waals surface area (Å²) in [6.07, 6.45) is 2.20. The van der Waals surface area contributed by atoms with E-state index in [1.165, 1.54) is 23.8 Å². The number of hydrogen-bond acceptors (Lipinski definition) is 9. The zero-order valence-electron chi connectivity index (χ0n) is 18.1. The fraction of sp³-hybridized carbons (Fsp3) is 0.526. The maximum Gasteiger partial charge on any atom is 0.352 e. The van der Waals surface area contributed by atoms with Crippen LogP contribution in [-0.2, 0) is 30.0 Å². The van der Waals surface area contributed by atoms with Gasteiger partial charge in [0.25, 0.3) is 11.8 Å². The lowest BCUT2D eigenvalue weighted by Crippen LogP contribution is -2.71. The Balaban J connectivity index is 1.52. The van der Waals surface area contributed by atoms with Crippen LogP contribution in [0.1, 0.15) is 12.8 Å². The molecule has 2 amide bonds. The minimum absolute atomic E-state index is 0.0116. The number of carboxylic acid groups (broad SMARTS) is 1. The number of likely N-dealkylation sites (N-methyl/N-ethyl adjacent to an activating group) is 1. The molecule has 4 rings (SSSR count). The standard InChI is InChI=1S/C19H24N6O6S2/c1-25(5-3-4-6-25)7-10-8-32-17-13(16(27)24(17)14(10)18(28)29)22-15(26)12(23-31-2)11-9-33(30)19(20)21-11/h9,13,17H,3-8H2,1-2H3,(H3-,20,21,22,26,28,29)/p+1/b23-12-/t13-,17-,33?/m1/s1. The molecule has 4 N–H and O–H groups in total. The zero-order valence-corrected chi connectivity index (χ0v) is 19.8. The van der Waals surface area contributed by atoms with E-state index in [-0.39, 0.29) is 22.3 Å². The third kappa shape index (κ3) is 4.29. The fourth-order valence-corrected chi connectivity index (χ4v) is 6.50. The Morgan fingerprint density at radius 3 is 2.73 bits per heavy atom. The normalized spacial score (nSPS) is 28.7. The Bertz CT molecular complexity index is 1060. The predicted octanol–water partition coefficient (Wildman–Crippen LogP) is -1.11. The van der Waals surface area contributed by atoms with Crippen molar-refractivity contribution in [3.05, 3.63) is 22.4 Å². The molecule has 0 radical (unpaired) electrons. The molecule has 0 spiro atoms. The first-order valence-electron chi connectivity index (χ1n) is 10.3. The van der Waals surface area contributed by atoms with Gasteiger partial charge in [-0.25, -0.2) is 14.0 Å². The highest BCUT2D eigenvalue weighted by molar-refractivity contribution is 8.03. The smallest absolute Gasteiger partial charge is 0.352 e. The number of rotatable bonds is 7. The number of β-lactam (4-membered cyclic amide) rings is 1. The van der Waals surface area contributed by atoms with Gasteiger partial charge in [-0.3, -0.25) is 14.5 Å². The van der Waals surface area contributed by atoms with Crippen molar-refractivity contribution in [3.63, 3.8) is 0 Å². The van der Waals surface area contributed by atoms with E-state index < -0.39 is 40.0 Å². The van der Waals surface area contributed by atoms with E-state index >= 15 is 0 Å². The van der Waals surface area contributed by atoms with E-state index in [0.29, 0.717) is 12.3 Å². The molecule has 0 aromatic carbocycles. The molecule has 2 fully saturated rings. The highest BCUT2D eigenvalue weighted by Gasteiger charge is 2.55. The Morgan fingerprint density at radius 1 is 1.45 bits per heavy atom. The molecular formula is C19H25N6O6S2+. The van der Waals surface area contributed by atoms with Crippen LogP contribution in [0.2, 0.25) is 0 Å². The maximum absolute atomic E-state index is 12.9. The molecule has 4 heterocycles. The SMILES string of the molecule is CO/N=C(\C(=O)N[C@@H]1C(=O)N2C(C(=O)O)=C(C[N+]3(C)CCCC3)CS[C@H]12)C1=CS(=O)C(N)=N1. The van der Waals surface area contributed by atoms with Crippen molar-refractivity contribution in [2.24, 2.45) is 15.9 Å². The van der Waals surface area contributed by atoms with Crippen LogP contribution in [-0.4, -0.2) is 98.3 Å². The lowest BCUT2D eigenvalue weighted by Gasteiger charge is -2.49.